The molecule has 0 bridgehead atoms. The first-order chi connectivity index (χ1) is 12.8. The van der Waals surface area contributed by atoms with Gasteiger partial charge in [0.2, 0.25) is 5.28 Å². The third-order valence-electron chi connectivity index (χ3n) is 3.53. The van der Waals surface area contributed by atoms with Crippen molar-refractivity contribution < 1.29 is 7.37 Å². The van der Waals surface area contributed by atoms with Gasteiger partial charge in [0.15, 0.2) is 5.82 Å². The van der Waals surface area contributed by atoms with E-state index in [0.29, 0.717) is 5.82 Å². The predicted octanol–water partition coefficient (Wildman–Crippen LogP) is 5.08. The number of hydrogen-bond donors (Lipinski definition) is 1. The lowest BCUT2D eigenvalue weighted by Gasteiger charge is -2.04. The lowest BCUT2D eigenvalue weighted by Crippen LogP contribution is -1.92. The SMILES string of the molecule is Clc1ncnc(-c2c(-c3ccccc3)[nH]c3ccccc23)n1.[2HH].[2H][2H].[2H][2H]. The molecule has 22 heavy (non-hydrogen) atoms. The van der Waals surface area contributed by atoms with Crippen molar-refractivity contribution >= 4 is 22.5 Å². The average molecular weight is 318 g/mol. The third-order valence-corrected chi connectivity index (χ3v) is 3.72. The van der Waals surface area contributed by atoms with Crippen LogP contribution in [0, 0.1) is 0 Å². The number of aromatic amines is 1. The highest BCUT2D eigenvalue weighted by molar-refractivity contribution is 6.28. The van der Waals surface area contributed by atoms with Crippen LogP contribution in [0.5, 0.6) is 0 Å². The van der Waals surface area contributed by atoms with Crippen LogP contribution in [-0.2, 0) is 0 Å². The summed E-state index contributed by atoms with van der Waals surface area (Å²) in [6.07, 6.45) is 1.43. The largest absolute Gasteiger partial charge is 0.354 e. The Bertz CT molecular complexity index is 966. The number of para-hydroxylation sites is 1. The maximum absolute atomic E-state index is 5.94. The van der Waals surface area contributed by atoms with E-state index in [0.717, 1.165) is 27.7 Å². The maximum Gasteiger partial charge on any atom is 0.225 e. The summed E-state index contributed by atoms with van der Waals surface area (Å²) < 4.78 is 20.0. The predicted molar refractivity (Wildman–Crippen MR) is 93.9 cm³/mol. The van der Waals surface area contributed by atoms with Crippen LogP contribution in [0.1, 0.15) is 7.37 Å². The maximum atomic E-state index is 5.94. The van der Waals surface area contributed by atoms with Crippen LogP contribution < -0.4 is 0 Å². The Kier molecular flexibility index (Phi) is 2.60. The lowest BCUT2D eigenvalue weighted by atomic mass is 10.0. The zero-order valence-electron chi connectivity index (χ0n) is 15.5. The van der Waals surface area contributed by atoms with Gasteiger partial charge in [0.1, 0.15) is 6.33 Å². The second kappa shape index (κ2) is 5.24. The summed E-state index contributed by atoms with van der Waals surface area (Å²) >= 11 is 5.94. The Morgan fingerprint density at radius 3 is 2.55 bits per heavy atom. The van der Waals surface area contributed by atoms with E-state index in [4.69, 9.17) is 17.5 Å². The van der Waals surface area contributed by atoms with E-state index in [9.17, 15) is 0 Å². The summed E-state index contributed by atoms with van der Waals surface area (Å²) in [7, 11) is 0. The Hall–Kier alpha value is -2.72. The van der Waals surface area contributed by atoms with Crippen molar-refractivity contribution in [1.82, 2.24) is 19.9 Å². The number of hydrogen-bond acceptors (Lipinski definition) is 3. The average Bonchev–Trinajstić information content (AvgIpc) is 3.11. The number of aromatic nitrogens is 4. The Labute approximate surface area is 139 Å². The molecule has 112 valence electrons. The molecule has 4 nitrogen and oxygen atoms in total. The van der Waals surface area contributed by atoms with Gasteiger partial charge in [-0.25, -0.2) is 9.97 Å². The van der Waals surface area contributed by atoms with Gasteiger partial charge in [-0.2, -0.15) is 4.98 Å². The number of nitrogens with zero attached hydrogens (tertiary/aromatic N) is 3. The normalized spacial score (nSPS) is 11.7. The summed E-state index contributed by atoms with van der Waals surface area (Å²) in [5, 5.41) is 1.25. The van der Waals surface area contributed by atoms with Gasteiger partial charge in [0.05, 0.1) is 11.3 Å². The zero-order chi connectivity index (χ0) is 18.9. The first-order valence-electron chi connectivity index (χ1n) is 8.84. The second-order valence-corrected chi connectivity index (χ2v) is 5.20. The standard InChI is InChI=1S/C17H11ClN4.3H2/c18-17-20-10-19-16(22-17)14-12-8-4-5-9-13(12)21-15(14)11-6-2-1-3-7-11;;;/h1-10,21H;3*1H/i;2*1+1D;1+1. The molecule has 0 atom stereocenters. The quantitative estimate of drug-likeness (QED) is 0.561. The molecule has 0 fully saturated rings. The van der Waals surface area contributed by atoms with Crippen molar-refractivity contribution in [2.75, 3.05) is 0 Å². The fourth-order valence-corrected chi connectivity index (χ4v) is 2.72. The molecule has 1 N–H and O–H groups in total. The molecular formula is C17H17ClN4. The van der Waals surface area contributed by atoms with Crippen LogP contribution in [0.25, 0.3) is 33.5 Å². The highest BCUT2D eigenvalue weighted by atomic mass is 35.5. The highest BCUT2D eigenvalue weighted by Crippen LogP contribution is 2.36. The third kappa shape index (κ3) is 2.14. The lowest BCUT2D eigenvalue weighted by molar-refractivity contribution is 1.06. The van der Waals surface area contributed by atoms with Crippen molar-refractivity contribution in [3.8, 4) is 22.6 Å². The number of H-pyrrole nitrogens is 1. The van der Waals surface area contributed by atoms with E-state index in [-0.39, 0.29) is 6.71 Å². The molecule has 0 aliphatic rings. The van der Waals surface area contributed by atoms with Crippen LogP contribution in [0.15, 0.2) is 60.9 Å². The summed E-state index contributed by atoms with van der Waals surface area (Å²) in [6, 6.07) is 18.2. The molecule has 2 aromatic carbocycles. The summed E-state index contributed by atoms with van der Waals surface area (Å²) in [6.45, 7) is 0. The van der Waals surface area contributed by atoms with E-state index in [1.165, 1.54) is 6.33 Å². The molecule has 0 saturated heterocycles. The molecule has 0 aliphatic heterocycles. The highest BCUT2D eigenvalue weighted by Gasteiger charge is 2.17. The minimum atomic E-state index is 0. The van der Waals surface area contributed by atoms with E-state index in [1.54, 1.807) is 0 Å². The van der Waals surface area contributed by atoms with Crippen LogP contribution in [-0.4, -0.2) is 19.9 Å². The van der Waals surface area contributed by atoms with Gasteiger partial charge in [-0.05, 0) is 23.2 Å². The van der Waals surface area contributed by atoms with E-state index >= 15 is 0 Å². The summed E-state index contributed by atoms with van der Waals surface area (Å²) in [5.41, 5.74) is 4.02. The number of halogens is 1. The number of rotatable bonds is 2. The van der Waals surface area contributed by atoms with Crippen molar-refractivity contribution in [3.05, 3.63) is 66.2 Å². The summed E-state index contributed by atoms with van der Waals surface area (Å²) in [4.78, 5) is 15.9. The van der Waals surface area contributed by atoms with Crippen molar-refractivity contribution in [2.24, 2.45) is 0 Å². The Morgan fingerprint density at radius 1 is 0.955 bits per heavy atom. The van der Waals surface area contributed by atoms with E-state index in [1.807, 2.05) is 42.5 Å². The molecule has 2 heterocycles. The molecular weight excluding hydrogens is 296 g/mol. The minimum absolute atomic E-state index is 0. The first-order valence-corrected chi connectivity index (χ1v) is 7.22. The molecule has 4 aromatic rings. The fourth-order valence-electron chi connectivity index (χ4n) is 2.59. The van der Waals surface area contributed by atoms with E-state index < -0.39 is 0 Å². The topological polar surface area (TPSA) is 54.5 Å². The minimum Gasteiger partial charge on any atom is -0.354 e. The van der Waals surface area contributed by atoms with Crippen LogP contribution in [0.3, 0.4) is 0 Å². The van der Waals surface area contributed by atoms with Gasteiger partial charge in [0, 0.05) is 18.3 Å². The molecule has 0 aliphatic carbocycles. The second-order valence-electron chi connectivity index (χ2n) is 4.86. The molecule has 0 amide bonds. The smallest absolute Gasteiger partial charge is 0.225 e. The molecule has 0 unspecified atom stereocenters. The molecule has 0 saturated carbocycles. The number of benzene rings is 2. The van der Waals surface area contributed by atoms with E-state index in [2.05, 4.69) is 32.1 Å². The number of fused-ring (bicyclic) bond motifs is 1. The first kappa shape index (κ1) is 10.9. The van der Waals surface area contributed by atoms with Gasteiger partial charge in [0.25, 0.3) is 0 Å². The van der Waals surface area contributed by atoms with Crippen LogP contribution in [0.4, 0.5) is 0 Å². The van der Waals surface area contributed by atoms with Gasteiger partial charge in [-0.15, -0.1) is 0 Å². The number of nitrogens with one attached hydrogen (secondary N) is 1. The van der Waals surface area contributed by atoms with Crippen LogP contribution in [0.2, 0.25) is 5.28 Å². The van der Waals surface area contributed by atoms with Crippen LogP contribution >= 0.6 is 11.6 Å². The zero-order valence-corrected chi connectivity index (χ0v) is 12.2. The van der Waals surface area contributed by atoms with Gasteiger partial charge >= 0.3 is 0 Å². The van der Waals surface area contributed by atoms with Gasteiger partial charge in [-0.3, -0.25) is 0 Å². The fraction of sp³-hybridized carbons (Fsp3) is 0. The monoisotopic (exact) mass is 317 g/mol. The van der Waals surface area contributed by atoms with Crippen molar-refractivity contribution in [3.63, 3.8) is 0 Å². The Balaban J connectivity index is 0.000000686. The van der Waals surface area contributed by atoms with Crippen molar-refractivity contribution in [1.29, 1.82) is 0 Å². The van der Waals surface area contributed by atoms with Crippen molar-refractivity contribution in [2.45, 2.75) is 0 Å². The van der Waals surface area contributed by atoms with Gasteiger partial charge < -0.3 is 4.98 Å². The molecule has 0 radical (unpaired) electrons. The Morgan fingerprint density at radius 2 is 1.73 bits per heavy atom. The molecule has 5 heteroatoms. The summed E-state index contributed by atoms with van der Waals surface area (Å²) in [5.74, 6) is 0.566. The molecule has 4 rings (SSSR count). The molecule has 2 aromatic heterocycles. The van der Waals surface area contributed by atoms with Gasteiger partial charge in [-0.1, -0.05) is 48.5 Å². The molecule has 0 spiro atoms.